The van der Waals surface area contributed by atoms with E-state index in [9.17, 15) is 14.0 Å². The van der Waals surface area contributed by atoms with E-state index in [0.29, 0.717) is 49.6 Å². The number of benzene rings is 3. The Balaban J connectivity index is 1.60. The molecular formula is C29H23BrFNO5. The van der Waals surface area contributed by atoms with Gasteiger partial charge in [0.15, 0.2) is 17.3 Å². The summed E-state index contributed by atoms with van der Waals surface area (Å²) >= 11 is 3.64. The van der Waals surface area contributed by atoms with Gasteiger partial charge in [-0.3, -0.25) is 4.79 Å². The average molecular weight is 564 g/mol. The highest BCUT2D eigenvalue weighted by Gasteiger charge is 2.43. The van der Waals surface area contributed by atoms with Crippen molar-refractivity contribution in [1.82, 2.24) is 5.32 Å². The molecule has 1 atom stereocenters. The molecule has 0 spiro atoms. The third-order valence-corrected chi connectivity index (χ3v) is 7.24. The maximum absolute atomic E-state index is 13.6. The van der Waals surface area contributed by atoms with Gasteiger partial charge in [0, 0.05) is 26.9 Å². The molecule has 188 valence electrons. The van der Waals surface area contributed by atoms with Gasteiger partial charge >= 0.3 is 5.97 Å². The fraction of sp³-hybridized carbons (Fsp3) is 0.172. The summed E-state index contributed by atoms with van der Waals surface area (Å²) < 4.78 is 30.6. The second-order valence-electron chi connectivity index (χ2n) is 8.69. The maximum Gasteiger partial charge on any atom is 0.336 e. The van der Waals surface area contributed by atoms with Crippen molar-refractivity contribution < 1.29 is 28.2 Å². The first-order valence-corrected chi connectivity index (χ1v) is 12.3. The molecule has 0 fully saturated rings. The molecule has 0 saturated heterocycles. The second-order valence-corrected chi connectivity index (χ2v) is 9.55. The number of Topliss-reactive ketones (excluding diaryl/α,β-unsaturated/α-hetero) is 1. The lowest BCUT2D eigenvalue weighted by Crippen LogP contribution is -2.29. The number of dihydropyridines is 1. The molecule has 0 aromatic heterocycles. The lowest BCUT2D eigenvalue weighted by Gasteiger charge is -2.30. The molecule has 1 aliphatic heterocycles. The lowest BCUT2D eigenvalue weighted by molar-refractivity contribution is -0.136. The van der Waals surface area contributed by atoms with Crippen molar-refractivity contribution in [3.8, 4) is 11.5 Å². The van der Waals surface area contributed by atoms with Crippen LogP contribution in [-0.2, 0) is 16.1 Å². The number of esters is 1. The molecule has 5 rings (SSSR count). The Hall–Kier alpha value is -3.91. The summed E-state index contributed by atoms with van der Waals surface area (Å²) in [6.45, 7) is 1.99. The average Bonchev–Trinajstić information content (AvgIpc) is 3.18. The summed E-state index contributed by atoms with van der Waals surface area (Å²) in [6.07, 6.45) is 0. The van der Waals surface area contributed by atoms with Gasteiger partial charge in [-0.25, -0.2) is 9.18 Å². The van der Waals surface area contributed by atoms with Gasteiger partial charge in [0.1, 0.15) is 12.4 Å². The SMILES string of the molecule is COC(=O)C1=C(C)NC2=C(C(=O)c3ccccc32)[C@H]1c1cc(OC)c(OCc2ccc(F)cc2)cc1Br. The van der Waals surface area contributed by atoms with Gasteiger partial charge in [-0.05, 0) is 42.3 Å². The Labute approximate surface area is 221 Å². The van der Waals surface area contributed by atoms with E-state index in [1.165, 1.54) is 26.4 Å². The summed E-state index contributed by atoms with van der Waals surface area (Å²) in [5.41, 5.74) is 4.89. The summed E-state index contributed by atoms with van der Waals surface area (Å²) in [7, 11) is 2.83. The molecule has 8 heteroatoms. The number of fused-ring (bicyclic) bond motifs is 2. The highest BCUT2D eigenvalue weighted by atomic mass is 79.9. The number of carbonyl (C=O) groups is 2. The van der Waals surface area contributed by atoms with E-state index in [2.05, 4.69) is 21.2 Å². The fourth-order valence-corrected chi connectivity index (χ4v) is 5.36. The minimum absolute atomic E-state index is 0.153. The van der Waals surface area contributed by atoms with E-state index in [0.717, 1.165) is 11.1 Å². The number of rotatable bonds is 6. The first-order valence-electron chi connectivity index (χ1n) is 11.5. The number of hydrogen-bond donors (Lipinski definition) is 1. The third kappa shape index (κ3) is 4.31. The van der Waals surface area contributed by atoms with Crippen LogP contribution in [0.1, 0.15) is 39.9 Å². The molecule has 1 N–H and O–H groups in total. The standard InChI is InChI=1S/C29H23BrFNO5/c1-15-24(29(34)36-3)25(26-27(32-15)18-6-4-5-7-19(18)28(26)33)20-12-22(35-2)23(13-21(20)30)37-14-16-8-10-17(31)11-9-16/h4-13,25,32H,14H2,1-3H3/t25-/m0/s1. The Morgan fingerprint density at radius 1 is 1.03 bits per heavy atom. The van der Waals surface area contributed by atoms with Gasteiger partial charge < -0.3 is 19.5 Å². The molecule has 37 heavy (non-hydrogen) atoms. The van der Waals surface area contributed by atoms with E-state index in [1.54, 1.807) is 37.3 Å². The van der Waals surface area contributed by atoms with Gasteiger partial charge in [0.2, 0.25) is 0 Å². The first kappa shape index (κ1) is 24.8. The zero-order chi connectivity index (χ0) is 26.3. The van der Waals surface area contributed by atoms with Gasteiger partial charge in [0.05, 0.1) is 31.4 Å². The number of nitrogens with one attached hydrogen (secondary N) is 1. The predicted octanol–water partition coefficient (Wildman–Crippen LogP) is 5.92. The number of allylic oxidation sites excluding steroid dienone is 2. The number of carbonyl (C=O) groups excluding carboxylic acids is 2. The molecule has 6 nitrogen and oxygen atoms in total. The molecule has 1 heterocycles. The largest absolute Gasteiger partial charge is 0.493 e. The van der Waals surface area contributed by atoms with Crippen LogP contribution in [0.15, 0.2) is 82.0 Å². The molecule has 3 aromatic carbocycles. The summed E-state index contributed by atoms with van der Waals surface area (Å²) in [5.74, 6) is -0.847. The summed E-state index contributed by atoms with van der Waals surface area (Å²) in [6, 6.07) is 16.9. The molecule has 2 aliphatic rings. The molecule has 0 unspecified atom stereocenters. The molecule has 0 saturated carbocycles. The zero-order valence-corrected chi connectivity index (χ0v) is 21.9. The summed E-state index contributed by atoms with van der Waals surface area (Å²) in [5, 5.41) is 3.27. The maximum atomic E-state index is 13.6. The van der Waals surface area contributed by atoms with Gasteiger partial charge in [-0.15, -0.1) is 0 Å². The number of methoxy groups -OCH3 is 2. The van der Waals surface area contributed by atoms with Crippen molar-refractivity contribution in [3.05, 3.63) is 110 Å². The van der Waals surface area contributed by atoms with E-state index in [4.69, 9.17) is 14.2 Å². The molecule has 0 bridgehead atoms. The smallest absolute Gasteiger partial charge is 0.336 e. The number of ketones is 1. The topological polar surface area (TPSA) is 73.9 Å². The zero-order valence-electron chi connectivity index (χ0n) is 20.4. The van der Waals surface area contributed by atoms with Crippen molar-refractivity contribution in [3.63, 3.8) is 0 Å². The van der Waals surface area contributed by atoms with Crippen LogP contribution in [-0.4, -0.2) is 26.0 Å². The van der Waals surface area contributed by atoms with Gasteiger partial charge in [-0.2, -0.15) is 0 Å². The fourth-order valence-electron chi connectivity index (χ4n) is 4.81. The van der Waals surface area contributed by atoms with Crippen LogP contribution >= 0.6 is 15.9 Å². The van der Waals surface area contributed by atoms with Crippen molar-refractivity contribution in [2.24, 2.45) is 0 Å². The quantitative estimate of drug-likeness (QED) is 0.375. The Morgan fingerprint density at radius 3 is 2.41 bits per heavy atom. The van der Waals surface area contributed by atoms with Crippen LogP contribution in [0, 0.1) is 5.82 Å². The highest BCUT2D eigenvalue weighted by Crippen LogP contribution is 2.50. The molecular weight excluding hydrogens is 541 g/mol. The number of ether oxygens (including phenoxy) is 3. The molecule has 3 aromatic rings. The Morgan fingerprint density at radius 2 is 1.73 bits per heavy atom. The highest BCUT2D eigenvalue weighted by molar-refractivity contribution is 9.10. The minimum Gasteiger partial charge on any atom is -0.493 e. The van der Waals surface area contributed by atoms with Crippen molar-refractivity contribution in [2.45, 2.75) is 19.4 Å². The van der Waals surface area contributed by atoms with Crippen LogP contribution in [0.3, 0.4) is 0 Å². The Bertz CT molecular complexity index is 1490. The number of hydrogen-bond acceptors (Lipinski definition) is 6. The van der Waals surface area contributed by atoms with Crippen LogP contribution in [0.2, 0.25) is 0 Å². The van der Waals surface area contributed by atoms with Crippen LogP contribution in [0.4, 0.5) is 4.39 Å². The monoisotopic (exact) mass is 563 g/mol. The lowest BCUT2D eigenvalue weighted by atomic mass is 9.79. The van der Waals surface area contributed by atoms with E-state index < -0.39 is 11.9 Å². The van der Waals surface area contributed by atoms with Crippen molar-refractivity contribution >= 4 is 33.4 Å². The minimum atomic E-state index is -0.710. The van der Waals surface area contributed by atoms with Gasteiger partial charge in [0.25, 0.3) is 0 Å². The van der Waals surface area contributed by atoms with Crippen molar-refractivity contribution in [2.75, 3.05) is 14.2 Å². The van der Waals surface area contributed by atoms with Crippen LogP contribution in [0.25, 0.3) is 5.70 Å². The molecule has 0 radical (unpaired) electrons. The predicted molar refractivity (Wildman–Crippen MR) is 140 cm³/mol. The Kier molecular flexibility index (Phi) is 6.60. The van der Waals surface area contributed by atoms with E-state index in [1.807, 2.05) is 18.2 Å². The first-order chi connectivity index (χ1) is 17.8. The summed E-state index contributed by atoms with van der Waals surface area (Å²) in [4.78, 5) is 26.6. The van der Waals surface area contributed by atoms with Gasteiger partial charge in [-0.1, -0.05) is 52.3 Å². The van der Waals surface area contributed by atoms with E-state index in [-0.39, 0.29) is 18.2 Å². The van der Waals surface area contributed by atoms with Crippen LogP contribution < -0.4 is 14.8 Å². The van der Waals surface area contributed by atoms with Crippen LogP contribution in [0.5, 0.6) is 11.5 Å². The molecule has 0 amide bonds. The third-order valence-electron chi connectivity index (χ3n) is 6.56. The second kappa shape index (κ2) is 9.86. The van der Waals surface area contributed by atoms with E-state index >= 15 is 0 Å². The molecule has 1 aliphatic carbocycles. The van der Waals surface area contributed by atoms with Crippen molar-refractivity contribution in [1.29, 1.82) is 0 Å². The normalized spacial score (nSPS) is 16.2. The number of halogens is 2.